The fourth-order valence-electron chi connectivity index (χ4n) is 2.75. The zero-order valence-corrected chi connectivity index (χ0v) is 17.4. The van der Waals surface area contributed by atoms with Crippen LogP contribution >= 0.6 is 39.3 Å². The Balaban J connectivity index is 1.67. The molecule has 2 aromatic carbocycles. The number of rotatable bonds is 6. The van der Waals surface area contributed by atoms with Gasteiger partial charge in [0, 0.05) is 27.2 Å². The number of fused-ring (bicyclic) bond motifs is 1. The van der Waals surface area contributed by atoms with Crippen LogP contribution in [0.1, 0.15) is 5.56 Å². The highest BCUT2D eigenvalue weighted by Gasteiger charge is 2.17. The van der Waals surface area contributed by atoms with E-state index in [0.717, 1.165) is 31.2 Å². The van der Waals surface area contributed by atoms with Crippen molar-refractivity contribution in [3.05, 3.63) is 76.2 Å². The van der Waals surface area contributed by atoms with Crippen LogP contribution in [-0.2, 0) is 12.3 Å². The number of aromatic nitrogens is 3. The summed E-state index contributed by atoms with van der Waals surface area (Å²) in [5.41, 5.74) is 1.87. The Hall–Kier alpha value is -2.02. The van der Waals surface area contributed by atoms with Gasteiger partial charge in [0.1, 0.15) is 5.58 Å². The largest absolute Gasteiger partial charge is 0.453 e. The first-order valence-electron chi connectivity index (χ1n) is 8.25. The second-order valence-electron chi connectivity index (χ2n) is 5.88. The van der Waals surface area contributed by atoms with Crippen LogP contribution < -0.4 is 0 Å². The van der Waals surface area contributed by atoms with Gasteiger partial charge in [0.2, 0.25) is 5.82 Å². The average Bonchev–Trinajstić information content (AvgIpc) is 3.25. The van der Waals surface area contributed by atoms with Gasteiger partial charge in [-0.25, -0.2) is 0 Å². The second-order valence-corrected chi connectivity index (χ2v) is 8.14. The topological polar surface area (TPSA) is 43.9 Å². The van der Waals surface area contributed by atoms with Crippen molar-refractivity contribution in [2.75, 3.05) is 0 Å². The summed E-state index contributed by atoms with van der Waals surface area (Å²) in [5.74, 6) is 2.08. The first-order valence-corrected chi connectivity index (χ1v) is 10.4. The predicted molar refractivity (Wildman–Crippen MR) is 114 cm³/mol. The van der Waals surface area contributed by atoms with E-state index in [1.54, 1.807) is 11.8 Å². The normalized spacial score (nSPS) is 11.2. The summed E-state index contributed by atoms with van der Waals surface area (Å²) in [7, 11) is 0. The fraction of sp³-hybridized carbons (Fsp3) is 0.100. The van der Waals surface area contributed by atoms with E-state index >= 15 is 0 Å². The zero-order valence-electron chi connectivity index (χ0n) is 14.2. The Labute approximate surface area is 174 Å². The van der Waals surface area contributed by atoms with Crippen molar-refractivity contribution in [1.29, 1.82) is 0 Å². The standard InChI is InChI=1S/C20H15BrClN3OS/c1-2-9-25-19(18-11-14-10-15(21)7-8-17(14)26-18)23-24-20(25)27-12-13-5-3-4-6-16(13)22/h2-8,10-11H,1,9,12H2. The molecule has 4 aromatic rings. The summed E-state index contributed by atoms with van der Waals surface area (Å²) < 4.78 is 8.99. The molecule has 0 spiro atoms. The Morgan fingerprint density at radius 1 is 1.19 bits per heavy atom. The molecular formula is C20H15BrClN3OS. The first kappa shape index (κ1) is 18.3. The third-order valence-corrected chi connectivity index (χ3v) is 5.92. The molecule has 0 saturated carbocycles. The molecule has 0 radical (unpaired) electrons. The van der Waals surface area contributed by atoms with Crippen molar-refractivity contribution >= 4 is 50.3 Å². The van der Waals surface area contributed by atoms with E-state index in [1.165, 1.54) is 0 Å². The van der Waals surface area contributed by atoms with Crippen LogP contribution in [0.25, 0.3) is 22.6 Å². The molecule has 2 aromatic heterocycles. The summed E-state index contributed by atoms with van der Waals surface area (Å²) in [6.07, 6.45) is 1.83. The molecule has 0 atom stereocenters. The minimum absolute atomic E-state index is 0.591. The molecule has 0 aliphatic rings. The maximum Gasteiger partial charge on any atom is 0.200 e. The molecule has 2 heterocycles. The van der Waals surface area contributed by atoms with Gasteiger partial charge in [0.25, 0.3) is 0 Å². The molecule has 0 fully saturated rings. The lowest BCUT2D eigenvalue weighted by atomic mass is 10.2. The van der Waals surface area contributed by atoms with Crippen LogP contribution in [0.5, 0.6) is 0 Å². The number of hydrogen-bond acceptors (Lipinski definition) is 4. The van der Waals surface area contributed by atoms with Crippen molar-refractivity contribution in [2.24, 2.45) is 0 Å². The molecular weight excluding hydrogens is 446 g/mol. The molecule has 0 amide bonds. The van der Waals surface area contributed by atoms with Crippen LogP contribution in [0, 0.1) is 0 Å². The van der Waals surface area contributed by atoms with Crippen molar-refractivity contribution in [3.63, 3.8) is 0 Å². The minimum Gasteiger partial charge on any atom is -0.453 e. The summed E-state index contributed by atoms with van der Waals surface area (Å²) in [6, 6.07) is 15.7. The number of halogens is 2. The van der Waals surface area contributed by atoms with E-state index in [0.29, 0.717) is 23.9 Å². The Kier molecular flexibility index (Phi) is 5.38. The highest BCUT2D eigenvalue weighted by Crippen LogP contribution is 2.32. The molecule has 0 bridgehead atoms. The Bertz CT molecular complexity index is 1120. The van der Waals surface area contributed by atoms with E-state index in [4.69, 9.17) is 16.0 Å². The van der Waals surface area contributed by atoms with Crippen LogP contribution in [-0.4, -0.2) is 14.8 Å². The molecule has 0 aliphatic heterocycles. The summed E-state index contributed by atoms with van der Waals surface area (Å²) in [4.78, 5) is 0. The molecule has 136 valence electrons. The number of allylic oxidation sites excluding steroid dienone is 1. The zero-order chi connectivity index (χ0) is 18.8. The van der Waals surface area contributed by atoms with Crippen molar-refractivity contribution < 1.29 is 4.42 Å². The Morgan fingerprint density at radius 3 is 2.85 bits per heavy atom. The smallest absolute Gasteiger partial charge is 0.200 e. The Morgan fingerprint density at radius 2 is 2.04 bits per heavy atom. The number of hydrogen-bond donors (Lipinski definition) is 0. The maximum atomic E-state index is 6.26. The molecule has 0 unspecified atom stereocenters. The summed E-state index contributed by atoms with van der Waals surface area (Å²) in [5, 5.41) is 11.3. The van der Waals surface area contributed by atoms with Gasteiger partial charge in [-0.05, 0) is 35.9 Å². The molecule has 27 heavy (non-hydrogen) atoms. The summed E-state index contributed by atoms with van der Waals surface area (Å²) in [6.45, 7) is 4.45. The highest BCUT2D eigenvalue weighted by atomic mass is 79.9. The van der Waals surface area contributed by atoms with Crippen molar-refractivity contribution in [2.45, 2.75) is 17.5 Å². The van der Waals surface area contributed by atoms with Crippen molar-refractivity contribution in [1.82, 2.24) is 14.8 Å². The van der Waals surface area contributed by atoms with E-state index in [2.05, 4.69) is 32.7 Å². The van der Waals surface area contributed by atoms with Gasteiger partial charge in [0.15, 0.2) is 10.9 Å². The quantitative estimate of drug-likeness (QED) is 0.241. The van der Waals surface area contributed by atoms with Gasteiger partial charge < -0.3 is 4.42 Å². The first-order chi connectivity index (χ1) is 13.2. The number of thioether (sulfide) groups is 1. The third kappa shape index (κ3) is 3.83. The predicted octanol–water partition coefficient (Wildman–Crippen LogP) is 6.59. The minimum atomic E-state index is 0.591. The van der Waals surface area contributed by atoms with Crippen LogP contribution in [0.2, 0.25) is 5.02 Å². The van der Waals surface area contributed by atoms with Gasteiger partial charge in [-0.1, -0.05) is 63.6 Å². The molecule has 0 saturated heterocycles. The fourth-order valence-corrected chi connectivity index (χ4v) is 4.37. The van der Waals surface area contributed by atoms with E-state index in [9.17, 15) is 0 Å². The second kappa shape index (κ2) is 7.92. The maximum absolute atomic E-state index is 6.26. The van der Waals surface area contributed by atoms with E-state index < -0.39 is 0 Å². The van der Waals surface area contributed by atoms with Crippen LogP contribution in [0.3, 0.4) is 0 Å². The molecule has 7 heteroatoms. The molecule has 4 rings (SSSR count). The lowest BCUT2D eigenvalue weighted by molar-refractivity contribution is 0.613. The van der Waals surface area contributed by atoms with E-state index in [1.807, 2.05) is 59.2 Å². The number of nitrogens with zero attached hydrogens (tertiary/aromatic N) is 3. The van der Waals surface area contributed by atoms with Gasteiger partial charge in [-0.2, -0.15) is 0 Å². The van der Waals surface area contributed by atoms with Gasteiger partial charge in [0.05, 0.1) is 0 Å². The van der Waals surface area contributed by atoms with Gasteiger partial charge in [-0.3, -0.25) is 4.57 Å². The molecule has 0 N–H and O–H groups in total. The summed E-state index contributed by atoms with van der Waals surface area (Å²) >= 11 is 11.3. The number of benzene rings is 2. The number of furan rings is 1. The van der Waals surface area contributed by atoms with Crippen molar-refractivity contribution in [3.8, 4) is 11.6 Å². The van der Waals surface area contributed by atoms with Crippen LogP contribution in [0.4, 0.5) is 0 Å². The average molecular weight is 461 g/mol. The lowest BCUT2D eigenvalue weighted by Crippen LogP contribution is -2.00. The monoisotopic (exact) mass is 459 g/mol. The van der Waals surface area contributed by atoms with Gasteiger partial charge >= 0.3 is 0 Å². The lowest BCUT2D eigenvalue weighted by Gasteiger charge is -2.07. The van der Waals surface area contributed by atoms with Gasteiger partial charge in [-0.15, -0.1) is 16.8 Å². The molecule has 0 aliphatic carbocycles. The highest BCUT2D eigenvalue weighted by molar-refractivity contribution is 9.10. The third-order valence-electron chi connectivity index (χ3n) is 4.04. The van der Waals surface area contributed by atoms with E-state index in [-0.39, 0.29) is 0 Å². The molecule has 4 nitrogen and oxygen atoms in total. The SMILES string of the molecule is C=CCn1c(SCc2ccccc2Cl)nnc1-c1cc2cc(Br)ccc2o1. The van der Waals surface area contributed by atoms with Crippen LogP contribution in [0.15, 0.2) is 75.2 Å².